The summed E-state index contributed by atoms with van der Waals surface area (Å²) in [4.78, 5) is 0. The highest BCUT2D eigenvalue weighted by Gasteiger charge is 1.86. The molecule has 0 saturated carbocycles. The second kappa shape index (κ2) is 7.47. The van der Waals surface area contributed by atoms with Crippen LogP contribution in [-0.2, 0) is 0 Å². The molecule has 0 aromatic rings. The Morgan fingerprint density at radius 1 is 1.46 bits per heavy atom. The maximum absolute atomic E-state index is 8.89. The maximum Gasteiger partial charge on any atom is 0.0621 e. The standard InChI is InChI=1S/C12H16O/c1-4-12(5-2)10-8-6-7-9-11(3)13/h4,11,13H,5,9H2,1-3H3/b12-4-. The molecule has 0 spiro atoms. The second-order valence-electron chi connectivity index (χ2n) is 2.77. The SMILES string of the molecule is C/C=C(\C#CC#CCC(C)O)CC. The van der Waals surface area contributed by atoms with Crippen LogP contribution >= 0.6 is 0 Å². The van der Waals surface area contributed by atoms with Crippen molar-refractivity contribution in [2.45, 2.75) is 39.7 Å². The van der Waals surface area contributed by atoms with Gasteiger partial charge in [0.05, 0.1) is 6.10 Å². The van der Waals surface area contributed by atoms with Gasteiger partial charge in [0.25, 0.3) is 0 Å². The Morgan fingerprint density at radius 2 is 2.15 bits per heavy atom. The van der Waals surface area contributed by atoms with E-state index in [1.165, 1.54) is 0 Å². The van der Waals surface area contributed by atoms with Crippen LogP contribution < -0.4 is 0 Å². The van der Waals surface area contributed by atoms with E-state index in [1.54, 1.807) is 6.92 Å². The van der Waals surface area contributed by atoms with Gasteiger partial charge in [0.2, 0.25) is 0 Å². The van der Waals surface area contributed by atoms with Crippen LogP contribution in [0.3, 0.4) is 0 Å². The van der Waals surface area contributed by atoms with E-state index < -0.39 is 0 Å². The zero-order valence-corrected chi connectivity index (χ0v) is 8.52. The summed E-state index contributed by atoms with van der Waals surface area (Å²) in [5, 5.41) is 8.89. The van der Waals surface area contributed by atoms with Crippen LogP contribution in [0.1, 0.15) is 33.6 Å². The van der Waals surface area contributed by atoms with Crippen molar-refractivity contribution < 1.29 is 5.11 Å². The third-order valence-corrected chi connectivity index (χ3v) is 1.50. The summed E-state index contributed by atoms with van der Waals surface area (Å²) in [6.45, 7) is 5.75. The molecule has 0 aliphatic carbocycles. The summed E-state index contributed by atoms with van der Waals surface area (Å²) < 4.78 is 0. The fourth-order valence-corrected chi connectivity index (χ4v) is 0.719. The lowest BCUT2D eigenvalue weighted by molar-refractivity contribution is 0.201. The first kappa shape index (κ1) is 11.8. The fraction of sp³-hybridized carbons (Fsp3) is 0.500. The minimum atomic E-state index is -0.360. The van der Waals surface area contributed by atoms with Crippen molar-refractivity contribution in [2.24, 2.45) is 0 Å². The molecule has 0 amide bonds. The quantitative estimate of drug-likeness (QED) is 0.639. The highest BCUT2D eigenvalue weighted by molar-refractivity contribution is 5.36. The van der Waals surface area contributed by atoms with Crippen molar-refractivity contribution in [3.63, 3.8) is 0 Å². The molecule has 1 heteroatoms. The van der Waals surface area contributed by atoms with Crippen molar-refractivity contribution in [1.29, 1.82) is 0 Å². The largest absolute Gasteiger partial charge is 0.392 e. The molecule has 0 heterocycles. The third kappa shape index (κ3) is 7.19. The van der Waals surface area contributed by atoms with E-state index in [-0.39, 0.29) is 6.10 Å². The van der Waals surface area contributed by atoms with Crippen LogP contribution in [0, 0.1) is 23.7 Å². The predicted octanol–water partition coefficient (Wildman–Crippen LogP) is 2.12. The number of hydrogen-bond donors (Lipinski definition) is 1. The number of aliphatic hydroxyl groups is 1. The molecule has 0 aromatic heterocycles. The van der Waals surface area contributed by atoms with Crippen LogP contribution in [0.4, 0.5) is 0 Å². The molecule has 0 saturated heterocycles. The summed E-state index contributed by atoms with van der Waals surface area (Å²) in [5.74, 6) is 11.2. The van der Waals surface area contributed by atoms with Crippen molar-refractivity contribution in [3.05, 3.63) is 11.6 Å². The van der Waals surface area contributed by atoms with E-state index in [2.05, 4.69) is 30.6 Å². The molecule has 0 aliphatic heterocycles. The number of rotatable bonds is 2. The van der Waals surface area contributed by atoms with Gasteiger partial charge in [0.15, 0.2) is 0 Å². The number of hydrogen-bond acceptors (Lipinski definition) is 1. The normalized spacial score (nSPS) is 12.2. The lowest BCUT2D eigenvalue weighted by Crippen LogP contribution is -1.95. The zero-order valence-electron chi connectivity index (χ0n) is 8.52. The molecule has 0 aromatic carbocycles. The molecule has 0 radical (unpaired) electrons. The molecule has 1 atom stereocenters. The van der Waals surface area contributed by atoms with Gasteiger partial charge in [-0.2, -0.15) is 0 Å². The van der Waals surface area contributed by atoms with E-state index >= 15 is 0 Å². The molecule has 70 valence electrons. The zero-order chi connectivity index (χ0) is 10.1. The van der Waals surface area contributed by atoms with Gasteiger partial charge in [0, 0.05) is 6.42 Å². The van der Waals surface area contributed by atoms with Gasteiger partial charge >= 0.3 is 0 Å². The summed E-state index contributed by atoms with van der Waals surface area (Å²) >= 11 is 0. The van der Waals surface area contributed by atoms with Gasteiger partial charge < -0.3 is 5.11 Å². The van der Waals surface area contributed by atoms with Crippen LogP contribution in [0.2, 0.25) is 0 Å². The highest BCUT2D eigenvalue weighted by atomic mass is 16.3. The summed E-state index contributed by atoms with van der Waals surface area (Å²) in [5.41, 5.74) is 1.10. The van der Waals surface area contributed by atoms with E-state index in [1.807, 2.05) is 13.0 Å². The molecular weight excluding hydrogens is 160 g/mol. The van der Waals surface area contributed by atoms with E-state index in [0.717, 1.165) is 12.0 Å². The van der Waals surface area contributed by atoms with Crippen molar-refractivity contribution in [3.8, 4) is 23.7 Å². The molecule has 13 heavy (non-hydrogen) atoms. The topological polar surface area (TPSA) is 20.2 Å². The lowest BCUT2D eigenvalue weighted by Gasteiger charge is -1.91. The first-order valence-corrected chi connectivity index (χ1v) is 4.52. The van der Waals surface area contributed by atoms with Crippen molar-refractivity contribution >= 4 is 0 Å². The minimum absolute atomic E-state index is 0.360. The van der Waals surface area contributed by atoms with E-state index in [4.69, 9.17) is 5.11 Å². The molecule has 1 nitrogen and oxygen atoms in total. The molecular formula is C12H16O. The first-order chi connectivity index (χ1) is 6.20. The van der Waals surface area contributed by atoms with Gasteiger partial charge in [0.1, 0.15) is 0 Å². The lowest BCUT2D eigenvalue weighted by atomic mass is 10.2. The Hall–Kier alpha value is -1.18. The summed E-state index contributed by atoms with van der Waals surface area (Å²) in [6.07, 6.45) is 3.07. The van der Waals surface area contributed by atoms with Gasteiger partial charge in [-0.1, -0.05) is 24.8 Å². The smallest absolute Gasteiger partial charge is 0.0621 e. The Kier molecular flexibility index (Phi) is 6.79. The summed E-state index contributed by atoms with van der Waals surface area (Å²) in [7, 11) is 0. The van der Waals surface area contributed by atoms with Crippen LogP contribution in [0.25, 0.3) is 0 Å². The van der Waals surface area contributed by atoms with Gasteiger partial charge in [-0.05, 0) is 37.7 Å². The van der Waals surface area contributed by atoms with Crippen molar-refractivity contribution in [1.82, 2.24) is 0 Å². The molecule has 0 bridgehead atoms. The Morgan fingerprint density at radius 3 is 2.62 bits per heavy atom. The fourth-order valence-electron chi connectivity index (χ4n) is 0.719. The average Bonchev–Trinajstić information content (AvgIpc) is 2.11. The number of allylic oxidation sites excluding steroid dienone is 2. The van der Waals surface area contributed by atoms with Gasteiger partial charge in [-0.3, -0.25) is 0 Å². The first-order valence-electron chi connectivity index (χ1n) is 4.52. The molecule has 1 N–H and O–H groups in total. The number of aliphatic hydroxyl groups excluding tert-OH is 1. The van der Waals surface area contributed by atoms with Crippen LogP contribution in [0.15, 0.2) is 11.6 Å². The molecule has 0 fully saturated rings. The molecule has 0 aliphatic rings. The Bertz CT molecular complexity index is 276. The van der Waals surface area contributed by atoms with Gasteiger partial charge in [-0.15, -0.1) is 0 Å². The maximum atomic E-state index is 8.89. The highest BCUT2D eigenvalue weighted by Crippen LogP contribution is 1.95. The Labute approximate surface area is 80.9 Å². The Balaban J connectivity index is 4.02. The molecule has 1 unspecified atom stereocenters. The monoisotopic (exact) mass is 176 g/mol. The van der Waals surface area contributed by atoms with Crippen LogP contribution in [0.5, 0.6) is 0 Å². The minimum Gasteiger partial charge on any atom is -0.392 e. The summed E-state index contributed by atoms with van der Waals surface area (Å²) in [6, 6.07) is 0. The predicted molar refractivity (Wildman–Crippen MR) is 55.9 cm³/mol. The van der Waals surface area contributed by atoms with E-state index in [9.17, 15) is 0 Å². The second-order valence-corrected chi connectivity index (χ2v) is 2.77. The van der Waals surface area contributed by atoms with E-state index in [0.29, 0.717) is 6.42 Å². The van der Waals surface area contributed by atoms with Gasteiger partial charge in [-0.25, -0.2) is 0 Å². The average molecular weight is 176 g/mol. The van der Waals surface area contributed by atoms with Crippen molar-refractivity contribution in [2.75, 3.05) is 0 Å². The van der Waals surface area contributed by atoms with Crippen LogP contribution in [-0.4, -0.2) is 11.2 Å². The third-order valence-electron chi connectivity index (χ3n) is 1.50. The molecule has 0 rings (SSSR count).